The van der Waals surface area contributed by atoms with Gasteiger partial charge in [0.05, 0.1) is 13.1 Å². The third-order valence-electron chi connectivity index (χ3n) is 2.61. The van der Waals surface area contributed by atoms with Gasteiger partial charge >= 0.3 is 6.09 Å². The number of carbonyl (C=O) groups is 1. The summed E-state index contributed by atoms with van der Waals surface area (Å²) in [5.41, 5.74) is -1.24. The van der Waals surface area contributed by atoms with Gasteiger partial charge in [-0.25, -0.2) is 4.79 Å². The van der Waals surface area contributed by atoms with Crippen molar-refractivity contribution in [2.75, 3.05) is 26.8 Å². The number of nitrogens with zero attached hydrogens (tertiary/aromatic N) is 1. The molecule has 0 aromatic carbocycles. The fourth-order valence-corrected chi connectivity index (χ4v) is 1.82. The van der Waals surface area contributed by atoms with Gasteiger partial charge in [0, 0.05) is 13.7 Å². The molecular formula is C12H23NO4. The summed E-state index contributed by atoms with van der Waals surface area (Å²) in [5.74, 6) is 0. The highest BCUT2D eigenvalue weighted by molar-refractivity contribution is 5.69. The second kappa shape index (κ2) is 5.23. The molecule has 0 atom stereocenters. The number of hydrogen-bond acceptors (Lipinski definition) is 4. The van der Waals surface area contributed by atoms with Gasteiger partial charge in [0.1, 0.15) is 11.2 Å². The first-order valence-corrected chi connectivity index (χ1v) is 5.95. The smallest absolute Gasteiger partial charge is 0.410 e. The van der Waals surface area contributed by atoms with Gasteiger partial charge in [0.15, 0.2) is 0 Å². The molecule has 17 heavy (non-hydrogen) atoms. The number of amides is 1. The Labute approximate surface area is 103 Å². The van der Waals surface area contributed by atoms with Crippen LogP contribution in [0.5, 0.6) is 0 Å². The van der Waals surface area contributed by atoms with Crippen molar-refractivity contribution in [1.82, 2.24) is 4.90 Å². The summed E-state index contributed by atoms with van der Waals surface area (Å²) in [5, 5.41) is 10.0. The topological polar surface area (TPSA) is 59.0 Å². The van der Waals surface area contributed by atoms with Crippen LogP contribution >= 0.6 is 0 Å². The number of aliphatic hydroxyl groups is 1. The molecular weight excluding hydrogens is 222 g/mol. The summed E-state index contributed by atoms with van der Waals surface area (Å²) in [6, 6.07) is 0. The van der Waals surface area contributed by atoms with E-state index in [1.807, 2.05) is 20.8 Å². The van der Waals surface area contributed by atoms with Crippen molar-refractivity contribution < 1.29 is 19.4 Å². The van der Waals surface area contributed by atoms with Gasteiger partial charge in [0.2, 0.25) is 0 Å². The Balaban J connectivity index is 2.28. The normalized spacial score (nSPS) is 18.8. The van der Waals surface area contributed by atoms with Crippen LogP contribution in [0.3, 0.4) is 0 Å². The highest BCUT2D eigenvalue weighted by Crippen LogP contribution is 2.27. The molecule has 0 saturated carbocycles. The first-order valence-electron chi connectivity index (χ1n) is 5.95. The fourth-order valence-electron chi connectivity index (χ4n) is 1.82. The predicted molar refractivity (Wildman–Crippen MR) is 63.9 cm³/mol. The molecule has 1 rings (SSSR count). The van der Waals surface area contributed by atoms with Gasteiger partial charge in [-0.05, 0) is 33.6 Å². The first-order chi connectivity index (χ1) is 7.76. The Morgan fingerprint density at radius 3 is 2.47 bits per heavy atom. The minimum Gasteiger partial charge on any atom is -0.444 e. The first kappa shape index (κ1) is 14.3. The average Bonchev–Trinajstić information content (AvgIpc) is 2.11. The van der Waals surface area contributed by atoms with Crippen LogP contribution in [0.15, 0.2) is 0 Å². The molecule has 0 aromatic rings. The van der Waals surface area contributed by atoms with Crippen molar-refractivity contribution in [2.24, 2.45) is 0 Å². The highest BCUT2D eigenvalue weighted by atomic mass is 16.6. The Morgan fingerprint density at radius 2 is 2.00 bits per heavy atom. The van der Waals surface area contributed by atoms with E-state index in [0.29, 0.717) is 26.1 Å². The maximum absolute atomic E-state index is 11.6. The van der Waals surface area contributed by atoms with Crippen LogP contribution in [0.1, 0.15) is 33.6 Å². The second-order valence-electron chi connectivity index (χ2n) is 5.66. The van der Waals surface area contributed by atoms with E-state index in [1.54, 1.807) is 7.11 Å². The minimum atomic E-state index is -0.755. The monoisotopic (exact) mass is 245 g/mol. The zero-order valence-electron chi connectivity index (χ0n) is 11.2. The molecule has 1 N–H and O–H groups in total. The van der Waals surface area contributed by atoms with Crippen molar-refractivity contribution in [2.45, 2.75) is 44.8 Å². The molecule has 0 unspecified atom stereocenters. The number of methoxy groups -OCH3 is 1. The van der Waals surface area contributed by atoms with Crippen molar-refractivity contribution in [3.05, 3.63) is 0 Å². The zero-order valence-corrected chi connectivity index (χ0v) is 11.2. The standard InChI is InChI=1S/C12H23NO4/c1-11(2,3)17-10(14)13-8-12(15,9-13)6-5-7-16-4/h15H,5-9H2,1-4H3. The number of hydrogen-bond donors (Lipinski definition) is 1. The van der Waals surface area contributed by atoms with E-state index in [4.69, 9.17) is 9.47 Å². The molecule has 1 saturated heterocycles. The van der Waals surface area contributed by atoms with Gasteiger partial charge in [-0.1, -0.05) is 0 Å². The molecule has 1 aliphatic rings. The van der Waals surface area contributed by atoms with Crippen LogP contribution < -0.4 is 0 Å². The molecule has 1 heterocycles. The van der Waals surface area contributed by atoms with E-state index in [0.717, 1.165) is 6.42 Å². The lowest BCUT2D eigenvalue weighted by molar-refractivity contribution is -0.105. The Hall–Kier alpha value is -0.810. The van der Waals surface area contributed by atoms with Crippen LogP contribution in [0.2, 0.25) is 0 Å². The summed E-state index contributed by atoms with van der Waals surface area (Å²) in [4.78, 5) is 13.2. The van der Waals surface area contributed by atoms with Gasteiger partial charge in [-0.3, -0.25) is 0 Å². The SMILES string of the molecule is COCCCC1(O)CN(C(=O)OC(C)(C)C)C1. The largest absolute Gasteiger partial charge is 0.444 e. The van der Waals surface area contributed by atoms with Gasteiger partial charge in [0.25, 0.3) is 0 Å². The molecule has 1 aliphatic heterocycles. The molecule has 5 heteroatoms. The Bertz CT molecular complexity index is 266. The van der Waals surface area contributed by atoms with E-state index in [9.17, 15) is 9.90 Å². The summed E-state index contributed by atoms with van der Waals surface area (Å²) < 4.78 is 10.1. The van der Waals surface area contributed by atoms with Crippen LogP contribution in [0.4, 0.5) is 4.79 Å². The van der Waals surface area contributed by atoms with Gasteiger partial charge in [-0.2, -0.15) is 0 Å². The molecule has 0 spiro atoms. The summed E-state index contributed by atoms with van der Waals surface area (Å²) >= 11 is 0. The quantitative estimate of drug-likeness (QED) is 0.760. The second-order valence-corrected chi connectivity index (χ2v) is 5.66. The van der Waals surface area contributed by atoms with Crippen molar-refractivity contribution in [3.63, 3.8) is 0 Å². The van der Waals surface area contributed by atoms with E-state index in [1.165, 1.54) is 4.90 Å². The molecule has 0 bridgehead atoms. The van der Waals surface area contributed by atoms with Crippen LogP contribution in [0.25, 0.3) is 0 Å². The van der Waals surface area contributed by atoms with E-state index in [2.05, 4.69) is 0 Å². The van der Waals surface area contributed by atoms with Crippen LogP contribution in [-0.4, -0.2) is 54.1 Å². The van der Waals surface area contributed by atoms with Crippen LogP contribution in [0, 0.1) is 0 Å². The number of carbonyl (C=O) groups excluding carboxylic acids is 1. The van der Waals surface area contributed by atoms with Gasteiger partial charge in [-0.15, -0.1) is 0 Å². The van der Waals surface area contributed by atoms with E-state index >= 15 is 0 Å². The average molecular weight is 245 g/mol. The number of rotatable bonds is 4. The molecule has 1 amide bonds. The zero-order chi connectivity index (χ0) is 13.1. The lowest BCUT2D eigenvalue weighted by Crippen LogP contribution is -2.64. The molecule has 100 valence electrons. The molecule has 0 aliphatic carbocycles. The minimum absolute atomic E-state index is 0.353. The maximum atomic E-state index is 11.6. The highest BCUT2D eigenvalue weighted by Gasteiger charge is 2.44. The Morgan fingerprint density at radius 1 is 1.41 bits per heavy atom. The lowest BCUT2D eigenvalue weighted by Gasteiger charge is -2.46. The number of likely N-dealkylation sites (tertiary alicyclic amines) is 1. The summed E-state index contributed by atoms with van der Waals surface area (Å²) in [7, 11) is 1.64. The molecule has 0 radical (unpaired) electrons. The van der Waals surface area contributed by atoms with Gasteiger partial charge < -0.3 is 19.5 Å². The summed E-state index contributed by atoms with van der Waals surface area (Å²) in [6.45, 7) is 6.83. The van der Waals surface area contributed by atoms with Crippen LogP contribution in [-0.2, 0) is 9.47 Å². The fraction of sp³-hybridized carbons (Fsp3) is 0.917. The maximum Gasteiger partial charge on any atom is 0.410 e. The molecule has 1 fully saturated rings. The van der Waals surface area contributed by atoms with E-state index in [-0.39, 0.29) is 6.09 Å². The lowest BCUT2D eigenvalue weighted by atomic mass is 9.89. The third-order valence-corrected chi connectivity index (χ3v) is 2.61. The van der Waals surface area contributed by atoms with Crippen molar-refractivity contribution >= 4 is 6.09 Å². The summed E-state index contributed by atoms with van der Waals surface area (Å²) in [6.07, 6.45) is 1.10. The van der Waals surface area contributed by atoms with E-state index < -0.39 is 11.2 Å². The number of β-amino-alcohol motifs (C(OH)–C–C–N with tert-alkyl or cyclic N) is 1. The van der Waals surface area contributed by atoms with Crippen molar-refractivity contribution in [1.29, 1.82) is 0 Å². The molecule has 0 aromatic heterocycles. The predicted octanol–water partition coefficient (Wildman–Crippen LogP) is 1.39. The number of ether oxygens (including phenoxy) is 2. The third kappa shape index (κ3) is 4.52. The van der Waals surface area contributed by atoms with Crippen molar-refractivity contribution in [3.8, 4) is 0 Å². The molecule has 5 nitrogen and oxygen atoms in total. The Kier molecular flexibility index (Phi) is 4.38.